The fourth-order valence-electron chi connectivity index (χ4n) is 2.88. The zero-order valence-electron chi connectivity index (χ0n) is 15.7. The molecule has 0 aliphatic carbocycles. The molecule has 0 saturated carbocycles. The Morgan fingerprint density at radius 2 is 2.17 bits per heavy atom. The number of nitrogens with zero attached hydrogens (tertiary/aromatic N) is 3. The van der Waals surface area contributed by atoms with Crippen LogP contribution in [0, 0.1) is 0 Å². The van der Waals surface area contributed by atoms with E-state index in [1.54, 1.807) is 22.8 Å². The fourth-order valence-corrected chi connectivity index (χ4v) is 4.45. The van der Waals surface area contributed by atoms with Crippen LogP contribution in [0.25, 0.3) is 10.7 Å². The number of anilines is 1. The van der Waals surface area contributed by atoms with Gasteiger partial charge in [0, 0.05) is 18.5 Å². The van der Waals surface area contributed by atoms with Crippen LogP contribution in [-0.2, 0) is 16.1 Å². The molecule has 1 aliphatic rings. The van der Waals surface area contributed by atoms with Crippen LogP contribution in [0.4, 0.5) is 5.69 Å². The molecule has 0 atom stereocenters. The number of ketones is 1. The molecule has 3 aromatic rings. The predicted molar refractivity (Wildman–Crippen MR) is 113 cm³/mol. The van der Waals surface area contributed by atoms with Crippen molar-refractivity contribution in [1.82, 2.24) is 14.8 Å². The molecule has 1 aromatic carbocycles. The number of amides is 2. The maximum absolute atomic E-state index is 12.7. The molecular formula is C19H17N5O4S2. The molecule has 1 aliphatic heterocycles. The Hall–Kier alpha value is -3.18. The minimum atomic E-state index is -0.425. The second-order valence-electron chi connectivity index (χ2n) is 6.41. The number of primary amides is 1. The fraction of sp³-hybridized carbons (Fsp3) is 0.211. The summed E-state index contributed by atoms with van der Waals surface area (Å²) in [6, 6.07) is 8.75. The van der Waals surface area contributed by atoms with Crippen molar-refractivity contribution in [2.45, 2.75) is 18.1 Å². The normalized spacial score (nSPS) is 12.7. The standard InChI is InChI=1S/C19H17N5O4S2/c20-16(26)5-6-24-18(15-2-1-7-29-15)22-23-19(24)30-10-13(25)11-3-4-14-12(8-11)21-17(27)9-28-14/h1-4,7-8H,5-6,9-10H2,(H2,20,26)(H,21,27). The average molecular weight is 444 g/mol. The largest absolute Gasteiger partial charge is 0.482 e. The summed E-state index contributed by atoms with van der Waals surface area (Å²) in [5.41, 5.74) is 6.23. The van der Waals surface area contributed by atoms with Crippen LogP contribution in [0.15, 0.2) is 40.9 Å². The first kappa shape index (κ1) is 20.1. The van der Waals surface area contributed by atoms with Gasteiger partial charge in [0.15, 0.2) is 23.4 Å². The van der Waals surface area contributed by atoms with Gasteiger partial charge in [-0.25, -0.2) is 0 Å². The Kier molecular flexibility index (Phi) is 5.81. The number of hydrogen-bond donors (Lipinski definition) is 2. The van der Waals surface area contributed by atoms with Crippen molar-refractivity contribution in [3.8, 4) is 16.5 Å². The van der Waals surface area contributed by atoms with Crippen LogP contribution in [0.1, 0.15) is 16.8 Å². The lowest BCUT2D eigenvalue weighted by molar-refractivity contribution is -0.119. The van der Waals surface area contributed by atoms with Gasteiger partial charge < -0.3 is 20.4 Å². The summed E-state index contributed by atoms with van der Waals surface area (Å²) < 4.78 is 7.11. The van der Waals surface area contributed by atoms with Crippen LogP contribution < -0.4 is 15.8 Å². The first-order chi connectivity index (χ1) is 14.5. The highest BCUT2D eigenvalue weighted by molar-refractivity contribution is 7.99. The molecule has 9 nitrogen and oxygen atoms in total. The lowest BCUT2D eigenvalue weighted by Crippen LogP contribution is -2.25. The number of aromatic nitrogens is 3. The second-order valence-corrected chi connectivity index (χ2v) is 8.30. The van der Waals surface area contributed by atoms with Gasteiger partial charge in [0.25, 0.3) is 5.91 Å². The van der Waals surface area contributed by atoms with Gasteiger partial charge in [0.1, 0.15) is 5.75 Å². The van der Waals surface area contributed by atoms with Crippen molar-refractivity contribution in [2.75, 3.05) is 17.7 Å². The van der Waals surface area contributed by atoms with Crippen LogP contribution >= 0.6 is 23.1 Å². The lowest BCUT2D eigenvalue weighted by Gasteiger charge is -2.18. The third-order valence-electron chi connectivity index (χ3n) is 4.31. The zero-order valence-corrected chi connectivity index (χ0v) is 17.3. The number of hydrogen-bond acceptors (Lipinski definition) is 8. The molecule has 11 heteroatoms. The molecule has 2 amide bonds. The van der Waals surface area contributed by atoms with Gasteiger partial charge in [-0.05, 0) is 29.6 Å². The SMILES string of the molecule is NC(=O)CCn1c(SCC(=O)c2ccc3c(c2)NC(=O)CO3)nnc1-c1cccs1. The van der Waals surface area contributed by atoms with Crippen molar-refractivity contribution < 1.29 is 19.1 Å². The van der Waals surface area contributed by atoms with E-state index in [4.69, 9.17) is 10.5 Å². The van der Waals surface area contributed by atoms with Gasteiger partial charge in [-0.2, -0.15) is 0 Å². The number of rotatable bonds is 8. The molecule has 0 unspecified atom stereocenters. The quantitative estimate of drug-likeness (QED) is 0.403. The minimum Gasteiger partial charge on any atom is -0.482 e. The van der Waals surface area contributed by atoms with E-state index in [0.29, 0.717) is 34.5 Å². The molecule has 0 radical (unpaired) electrons. The molecular weight excluding hydrogens is 426 g/mol. The number of Topliss-reactive ketones (excluding diaryl/α,β-unsaturated/α-hetero) is 1. The molecule has 3 heterocycles. The molecule has 0 spiro atoms. The molecule has 0 fully saturated rings. The summed E-state index contributed by atoms with van der Waals surface area (Å²) in [4.78, 5) is 36.4. The van der Waals surface area contributed by atoms with Crippen LogP contribution in [0.5, 0.6) is 5.75 Å². The van der Waals surface area contributed by atoms with Gasteiger partial charge in [-0.3, -0.25) is 14.4 Å². The maximum Gasteiger partial charge on any atom is 0.262 e. The van der Waals surface area contributed by atoms with Crippen LogP contribution in [0.3, 0.4) is 0 Å². The molecule has 0 saturated heterocycles. The number of nitrogens with one attached hydrogen (secondary N) is 1. The number of fused-ring (bicyclic) bond motifs is 1. The number of thioether (sulfide) groups is 1. The van der Waals surface area contributed by atoms with Gasteiger partial charge in [-0.1, -0.05) is 17.8 Å². The van der Waals surface area contributed by atoms with Crippen molar-refractivity contribution in [1.29, 1.82) is 0 Å². The average Bonchev–Trinajstić information content (AvgIpc) is 3.39. The monoisotopic (exact) mass is 443 g/mol. The van der Waals surface area contributed by atoms with E-state index in [1.165, 1.54) is 23.1 Å². The van der Waals surface area contributed by atoms with E-state index in [0.717, 1.165) is 4.88 Å². The first-order valence-electron chi connectivity index (χ1n) is 8.99. The summed E-state index contributed by atoms with van der Waals surface area (Å²) in [6.45, 7) is 0.290. The third-order valence-corrected chi connectivity index (χ3v) is 6.14. The summed E-state index contributed by atoms with van der Waals surface area (Å²) >= 11 is 2.74. The Morgan fingerprint density at radius 3 is 2.93 bits per heavy atom. The Bertz CT molecular complexity index is 1110. The van der Waals surface area contributed by atoms with Gasteiger partial charge in [0.05, 0.1) is 16.3 Å². The number of nitrogens with two attached hydrogens (primary N) is 1. The Morgan fingerprint density at radius 1 is 1.30 bits per heavy atom. The van der Waals surface area contributed by atoms with E-state index in [-0.39, 0.29) is 30.5 Å². The molecule has 30 heavy (non-hydrogen) atoms. The van der Waals surface area contributed by atoms with Gasteiger partial charge in [-0.15, -0.1) is 21.5 Å². The van der Waals surface area contributed by atoms with Crippen LogP contribution in [-0.4, -0.2) is 44.7 Å². The predicted octanol–water partition coefficient (Wildman–Crippen LogP) is 2.19. The first-order valence-corrected chi connectivity index (χ1v) is 10.9. The van der Waals surface area contributed by atoms with E-state index in [2.05, 4.69) is 15.5 Å². The molecule has 0 bridgehead atoms. The van der Waals surface area contributed by atoms with E-state index < -0.39 is 5.91 Å². The third kappa shape index (κ3) is 4.36. The molecule has 2 aromatic heterocycles. The van der Waals surface area contributed by atoms with E-state index in [1.807, 2.05) is 17.5 Å². The zero-order chi connectivity index (χ0) is 21.1. The van der Waals surface area contributed by atoms with Crippen molar-refractivity contribution in [3.63, 3.8) is 0 Å². The second kappa shape index (κ2) is 8.67. The number of benzene rings is 1. The minimum absolute atomic E-state index is 0.0380. The smallest absolute Gasteiger partial charge is 0.262 e. The summed E-state index contributed by atoms with van der Waals surface area (Å²) in [6.07, 6.45) is 0.141. The van der Waals surface area contributed by atoms with Crippen molar-refractivity contribution >= 4 is 46.4 Å². The lowest BCUT2D eigenvalue weighted by atomic mass is 10.1. The summed E-state index contributed by atoms with van der Waals surface area (Å²) in [5, 5.41) is 13.6. The number of carbonyl (C=O) groups excluding carboxylic acids is 3. The topological polar surface area (TPSA) is 129 Å². The molecule has 154 valence electrons. The molecule has 3 N–H and O–H groups in total. The molecule has 4 rings (SSSR count). The Labute approximate surface area is 179 Å². The van der Waals surface area contributed by atoms with Crippen molar-refractivity contribution in [3.05, 3.63) is 41.3 Å². The van der Waals surface area contributed by atoms with Crippen molar-refractivity contribution in [2.24, 2.45) is 5.73 Å². The maximum atomic E-state index is 12.7. The van der Waals surface area contributed by atoms with Crippen LogP contribution in [0.2, 0.25) is 0 Å². The highest BCUT2D eigenvalue weighted by Crippen LogP contribution is 2.30. The summed E-state index contributed by atoms with van der Waals surface area (Å²) in [5.74, 6) is 0.466. The van der Waals surface area contributed by atoms with Gasteiger partial charge >= 0.3 is 0 Å². The van der Waals surface area contributed by atoms with E-state index >= 15 is 0 Å². The summed E-state index contributed by atoms with van der Waals surface area (Å²) in [7, 11) is 0. The number of carbonyl (C=O) groups is 3. The Balaban J connectivity index is 1.50. The van der Waals surface area contributed by atoms with Gasteiger partial charge in [0.2, 0.25) is 5.91 Å². The number of ether oxygens (including phenoxy) is 1. The highest BCUT2D eigenvalue weighted by atomic mass is 32.2. The highest BCUT2D eigenvalue weighted by Gasteiger charge is 2.20. The number of thiophene rings is 1. The van der Waals surface area contributed by atoms with E-state index in [9.17, 15) is 14.4 Å².